The Bertz CT molecular complexity index is 4020. The van der Waals surface area contributed by atoms with Crippen molar-refractivity contribution < 1.29 is 101 Å². The lowest BCUT2D eigenvalue weighted by Gasteiger charge is -2.32. The molecule has 0 spiro atoms. The minimum Gasteiger partial charge on any atom is -0.463 e. The van der Waals surface area contributed by atoms with Gasteiger partial charge in [0, 0.05) is 220 Å². The maximum Gasteiger partial charge on any atom is 0.312 e. The van der Waals surface area contributed by atoms with E-state index in [0.717, 1.165) is 69.3 Å². The second-order valence-electron chi connectivity index (χ2n) is 46.5. The van der Waals surface area contributed by atoms with Crippen molar-refractivity contribution in [3.63, 3.8) is 0 Å². The van der Waals surface area contributed by atoms with Gasteiger partial charge in [0.05, 0.1) is 29.4 Å². The van der Waals surface area contributed by atoms with Crippen LogP contribution >= 0.6 is 54.9 Å². The lowest BCUT2D eigenvalue weighted by atomic mass is 9.77. The normalized spacial score (nSPS) is 16.3. The molecule has 3 aliphatic rings. The van der Waals surface area contributed by atoms with Crippen molar-refractivity contribution in [3.8, 4) is 0 Å². The third kappa shape index (κ3) is 66.8. The summed E-state index contributed by atoms with van der Waals surface area (Å²) in [4.78, 5) is 244. The number of thioether (sulfide) groups is 1. The number of nitrogens with two attached hydrogens (primary N) is 1. The minimum absolute atomic E-state index is 0.00704. The van der Waals surface area contributed by atoms with Crippen LogP contribution in [0.4, 0.5) is 4.79 Å². The molecule has 0 bridgehead atoms. The lowest BCUT2D eigenvalue weighted by Crippen LogP contribution is -2.47. The molecule has 2 saturated heterocycles. The van der Waals surface area contributed by atoms with Crippen molar-refractivity contribution in [1.82, 2.24) is 25.3 Å². The van der Waals surface area contributed by atoms with E-state index in [-0.39, 0.29) is 231 Å². The number of rotatable bonds is 65. The Morgan fingerprint density at radius 3 is 1.36 bits per heavy atom. The van der Waals surface area contributed by atoms with Gasteiger partial charge in [0.1, 0.15) is 57.8 Å². The van der Waals surface area contributed by atoms with Gasteiger partial charge in [-0.15, -0.1) is 11.8 Å². The summed E-state index contributed by atoms with van der Waals surface area (Å²) in [5.74, 6) is 4.03. The summed E-state index contributed by atoms with van der Waals surface area (Å²) >= 11 is 1.44. The summed E-state index contributed by atoms with van der Waals surface area (Å²) < 4.78 is 4.99. The quantitative estimate of drug-likeness (QED) is 0.0220. The van der Waals surface area contributed by atoms with Gasteiger partial charge in [-0.2, -0.15) is 0 Å². The molecule has 27 nitrogen and oxygen atoms in total. The largest absolute Gasteiger partial charge is 0.463 e. The molecule has 3 rings (SSSR count). The van der Waals surface area contributed by atoms with Crippen molar-refractivity contribution in [2.24, 2.45) is 130 Å². The number of imide groups is 2. The van der Waals surface area contributed by atoms with E-state index in [1.54, 1.807) is 61.2 Å². The molecule has 4 N–H and O–H groups in total. The monoisotopic (exact) mass is 2180 g/mol. The number of likely N-dealkylation sites (tertiary alicyclic amines) is 2. The number of carbonyl (C=O) groups is 20. The Morgan fingerprint density at radius 2 is 0.926 bits per heavy atom. The number of amides is 8. The highest BCUT2D eigenvalue weighted by Crippen LogP contribution is 2.41. The standard InChI is InChI=1S/C28H48N2O5.C22H39N3O5.C21H33NO4S.C16H30O2S2.C14H26O2S2.C8H16O.C7H14O2/c1-17(2)21(27(34)20(7)8)15-23(31)26(19(5)6)29(9)24(32)13-11-10-12-14-30-25(33)16-22(18(3)4)28(30)35;1-13(2)17(12-16(26)9-10-19(27)14(3)4)21(29)25-18(20(28)15(5)6)8-7-11-24-22(23)30;1-13(2)17(23)9-10-27-18-11-19(24)22(21(18)26)12-15-5-7-16(8-6-15)20(25)14(3)4;1-12(2)14(17)8-7-11-19-20-16(5,6)10-9-15(18)13(3)4;1-10(2)13(15)7-6-12(5)18-17-9-8-14(16)11(3)4;1-6(2)5-8(9)7(3)4;1-5(2)7(8)9-6(3)4/h17-22,26H,10-16H2,1-9H3;13-15,17-18H,7-12H2,1-6H3,(H,25,29)(H3,23,24,30);13-16,18H,5-12H2,1-4H3;12-13H,7-11H2,1-6H3;10-12H,6-9H2,1-5H3;6-7H,5H2,1-4H3;5-6H,1-4H3/t21-,22?,26-;17-,18-;;;;;/m00...../s1. The molecule has 148 heavy (non-hydrogen) atoms. The van der Waals surface area contributed by atoms with Crippen LogP contribution < -0.4 is 16.4 Å². The van der Waals surface area contributed by atoms with Gasteiger partial charge in [-0.1, -0.05) is 278 Å². The number of likely N-dealkylation sites (N-methyl/N-ethyl adjacent to an activating group) is 1. The third-order valence-corrected chi connectivity index (χ3v) is 33.8. The highest BCUT2D eigenvalue weighted by molar-refractivity contribution is 8.77. The van der Waals surface area contributed by atoms with E-state index in [4.69, 9.17) is 10.5 Å². The average Bonchev–Trinajstić information content (AvgIpc) is 1.58. The Labute approximate surface area is 915 Å². The van der Waals surface area contributed by atoms with Crippen molar-refractivity contribution in [2.45, 2.75) is 450 Å². The molecule has 7 atom stereocenters. The molecule has 0 aromatic rings. The number of Topliss-reactive ketones (excluding diaryl/α,β-unsaturated/α-hetero) is 12. The molecule has 2 aliphatic heterocycles. The molecular formula is C116H206N6O21S5. The molecule has 2 heterocycles. The Hall–Kier alpha value is -6.25. The molecule has 8 amide bonds. The minimum atomic E-state index is -0.689. The van der Waals surface area contributed by atoms with E-state index in [1.165, 1.54) is 21.6 Å². The zero-order valence-corrected chi connectivity index (χ0v) is 103. The molecule has 1 saturated carbocycles. The van der Waals surface area contributed by atoms with Gasteiger partial charge in [-0.3, -0.25) is 101 Å². The number of nitrogens with one attached hydrogen (secondary N) is 2. The van der Waals surface area contributed by atoms with Crippen LogP contribution in [0.2, 0.25) is 0 Å². The number of ether oxygens (including phenoxy) is 1. The molecule has 3 fully saturated rings. The zero-order valence-electron chi connectivity index (χ0n) is 99.0. The fraction of sp³-hybridized carbons (Fsp3) is 0.828. The zero-order chi connectivity index (χ0) is 115. The maximum absolute atomic E-state index is 13.2. The van der Waals surface area contributed by atoms with Gasteiger partial charge in [0.15, 0.2) is 11.6 Å². The smallest absolute Gasteiger partial charge is 0.312 e. The summed E-state index contributed by atoms with van der Waals surface area (Å²) in [6.45, 7) is 72.6. The van der Waals surface area contributed by atoms with Gasteiger partial charge < -0.3 is 26.0 Å². The van der Waals surface area contributed by atoms with Crippen LogP contribution in [0.5, 0.6) is 0 Å². The average molecular weight is 2180 g/mol. The number of ketones is 12. The number of hydrogen-bond donors (Lipinski definition) is 3. The second kappa shape index (κ2) is 79.7. The van der Waals surface area contributed by atoms with Crippen LogP contribution in [-0.2, 0) is 95.8 Å². The van der Waals surface area contributed by atoms with Crippen molar-refractivity contribution >= 4 is 172 Å². The van der Waals surface area contributed by atoms with Gasteiger partial charge in [0.25, 0.3) is 0 Å². The summed E-state index contributed by atoms with van der Waals surface area (Å²) in [5.41, 5.74) is 5.04. The van der Waals surface area contributed by atoms with Gasteiger partial charge >= 0.3 is 12.0 Å². The summed E-state index contributed by atoms with van der Waals surface area (Å²) in [5, 5.41) is 5.41. The van der Waals surface area contributed by atoms with Crippen LogP contribution in [-0.4, -0.2) is 209 Å². The third-order valence-electron chi connectivity index (χ3n) is 26.2. The van der Waals surface area contributed by atoms with E-state index >= 15 is 0 Å². The number of esters is 1. The predicted octanol–water partition coefficient (Wildman–Crippen LogP) is 23.8. The van der Waals surface area contributed by atoms with Gasteiger partial charge in [-0.25, -0.2) is 4.79 Å². The lowest BCUT2D eigenvalue weighted by molar-refractivity contribution is -0.151. The first-order valence-electron chi connectivity index (χ1n) is 55.4. The van der Waals surface area contributed by atoms with Gasteiger partial charge in [-0.05, 0) is 134 Å². The van der Waals surface area contributed by atoms with Crippen LogP contribution in [0.3, 0.4) is 0 Å². The topological polar surface area (TPSA) is 410 Å². The van der Waals surface area contributed by atoms with E-state index in [0.29, 0.717) is 148 Å². The highest BCUT2D eigenvalue weighted by Gasteiger charge is 2.43. The molecule has 3 unspecified atom stereocenters. The maximum atomic E-state index is 13.2. The van der Waals surface area contributed by atoms with Crippen molar-refractivity contribution in [1.29, 1.82) is 0 Å². The summed E-state index contributed by atoms with van der Waals surface area (Å²) in [6, 6.07) is -1.89. The molecule has 0 aromatic carbocycles. The fourth-order valence-electron chi connectivity index (χ4n) is 15.8. The first kappa shape index (κ1) is 148. The summed E-state index contributed by atoms with van der Waals surface area (Å²) in [6.07, 6.45) is 14.5. The molecule has 856 valence electrons. The molecule has 1 aliphatic carbocycles. The highest BCUT2D eigenvalue weighted by atomic mass is 33.1. The number of primary amides is 1. The molecular weight excluding hydrogens is 1970 g/mol. The van der Waals surface area contributed by atoms with E-state index in [1.807, 2.05) is 215 Å². The van der Waals surface area contributed by atoms with Crippen molar-refractivity contribution in [2.75, 3.05) is 43.9 Å². The Morgan fingerprint density at radius 1 is 0.439 bits per heavy atom. The first-order chi connectivity index (χ1) is 68.3. The van der Waals surface area contributed by atoms with Crippen LogP contribution in [0.25, 0.3) is 0 Å². The van der Waals surface area contributed by atoms with E-state index < -0.39 is 24.0 Å². The van der Waals surface area contributed by atoms with E-state index in [9.17, 15) is 95.9 Å². The van der Waals surface area contributed by atoms with Crippen LogP contribution in [0, 0.1) is 124 Å². The van der Waals surface area contributed by atoms with Crippen molar-refractivity contribution in [3.05, 3.63) is 0 Å². The molecule has 0 aromatic heterocycles. The SMILES string of the molecule is CC(C)C(=O)CCC(=O)C[C@H](C(=O)N[C@@H](CCCNC(N)=O)C(=O)C(C)C)C(C)C.CC(C)C(=O)CCCSSC(C)(C)CCC(=O)C(C)C.CC(C)C(=O)CCSC1CC(=O)N(CC2CCC(C(=O)C(C)C)CC2)C1=O.CC(C)C(=O)[C@@H](CC(=O)[C@H](C(C)C)N(C)C(=O)CCCCCN1C(=O)CC(C(C)C)C1=O)C(C)C.CC(C)CC(=O)C(C)C.CC(C)OC(=O)C(C)C.CC(CCC(=O)C(C)C)SSCCC(=O)C(C)C. The predicted molar refractivity (Wildman–Crippen MR) is 611 cm³/mol. The number of unbranched alkanes of at least 4 members (excludes halogenated alkanes) is 2. The molecule has 32 heteroatoms. The van der Waals surface area contributed by atoms with E-state index in [2.05, 4.69) is 45.3 Å². The number of hydrogen-bond acceptors (Lipinski definition) is 26. The number of carbonyl (C=O) groups excluding carboxylic acids is 20. The van der Waals surface area contributed by atoms with Gasteiger partial charge in [0.2, 0.25) is 35.4 Å². The Kier molecular flexibility index (Phi) is 79.7. The Balaban J connectivity index is -0.000000850. The number of nitrogens with zero attached hydrogens (tertiary/aromatic N) is 3. The molecule has 0 radical (unpaired) electrons. The first-order valence-corrected chi connectivity index (χ1v) is 61.1. The summed E-state index contributed by atoms with van der Waals surface area (Å²) in [7, 11) is 8.89. The fourth-order valence-corrected chi connectivity index (χ4v) is 21.9. The van der Waals surface area contributed by atoms with Crippen LogP contribution in [0.1, 0.15) is 417 Å². The van der Waals surface area contributed by atoms with Crippen LogP contribution in [0.15, 0.2) is 0 Å². The second-order valence-corrected chi connectivity index (χ2v) is 53.8. The number of urea groups is 1.